The lowest BCUT2D eigenvalue weighted by Crippen LogP contribution is -2.20. The van der Waals surface area contributed by atoms with E-state index in [9.17, 15) is 0 Å². The summed E-state index contributed by atoms with van der Waals surface area (Å²) < 4.78 is 1.01. The lowest BCUT2D eigenvalue weighted by Gasteiger charge is -2.15. The molecule has 1 aliphatic carbocycles. The molecule has 0 amide bonds. The average Bonchev–Trinajstić information content (AvgIpc) is 2.56. The largest absolute Gasteiger partial charge is 0.381 e. The molecule has 0 saturated heterocycles. The summed E-state index contributed by atoms with van der Waals surface area (Å²) in [6, 6.07) is 6.64. The van der Waals surface area contributed by atoms with Crippen LogP contribution in [-0.4, -0.2) is 12.1 Å². The van der Waals surface area contributed by atoms with Gasteiger partial charge in [0.25, 0.3) is 0 Å². The Hall–Kier alpha value is -0.250. The summed E-state index contributed by atoms with van der Waals surface area (Å²) in [6.07, 6.45) is 3.31. The van der Waals surface area contributed by atoms with Crippen LogP contribution in [0, 0.1) is 0 Å². The molecule has 1 fully saturated rings. The number of nitrogens with two attached hydrogens (primary N) is 1. The summed E-state index contributed by atoms with van der Waals surface area (Å²) >= 11 is 9.37. The van der Waals surface area contributed by atoms with Crippen LogP contribution in [0.2, 0.25) is 5.02 Å². The number of hydrogen-bond acceptors (Lipinski definition) is 2. The zero-order valence-corrected chi connectivity index (χ0v) is 10.7. The van der Waals surface area contributed by atoms with Crippen molar-refractivity contribution in [3.8, 4) is 0 Å². The van der Waals surface area contributed by atoms with Crippen molar-refractivity contribution in [2.75, 3.05) is 5.32 Å². The van der Waals surface area contributed by atoms with Crippen LogP contribution in [0.3, 0.4) is 0 Å². The Balaban J connectivity index is 2.04. The van der Waals surface area contributed by atoms with Crippen molar-refractivity contribution in [1.82, 2.24) is 0 Å². The lowest BCUT2D eigenvalue weighted by molar-refractivity contribution is 0.688. The number of hydrogen-bond donors (Lipinski definition) is 2. The van der Waals surface area contributed by atoms with Gasteiger partial charge in [-0.2, -0.15) is 0 Å². The van der Waals surface area contributed by atoms with Gasteiger partial charge in [-0.05, 0) is 53.4 Å². The maximum atomic E-state index is 5.88. The molecule has 0 aromatic heterocycles. The predicted octanol–water partition coefficient (Wildman–Crippen LogP) is 3.39. The van der Waals surface area contributed by atoms with Crippen LogP contribution in [-0.2, 0) is 0 Å². The van der Waals surface area contributed by atoms with Crippen LogP contribution in [0.1, 0.15) is 19.3 Å². The van der Waals surface area contributed by atoms with E-state index in [-0.39, 0.29) is 0 Å². The molecule has 2 atom stereocenters. The van der Waals surface area contributed by atoms with Crippen LogP contribution >= 0.6 is 27.5 Å². The van der Waals surface area contributed by atoms with Crippen LogP contribution in [0.5, 0.6) is 0 Å². The Morgan fingerprint density at radius 2 is 2.20 bits per heavy atom. The summed E-state index contributed by atoms with van der Waals surface area (Å²) in [4.78, 5) is 0. The quantitative estimate of drug-likeness (QED) is 0.876. The molecule has 1 saturated carbocycles. The molecule has 0 spiro atoms. The van der Waals surface area contributed by atoms with Gasteiger partial charge in [0, 0.05) is 27.3 Å². The van der Waals surface area contributed by atoms with Crippen LogP contribution < -0.4 is 11.1 Å². The highest BCUT2D eigenvalue weighted by molar-refractivity contribution is 9.10. The molecule has 82 valence electrons. The Bertz CT molecular complexity index is 356. The molecule has 1 aromatic carbocycles. The second kappa shape index (κ2) is 4.73. The van der Waals surface area contributed by atoms with E-state index in [2.05, 4.69) is 21.2 Å². The molecule has 0 radical (unpaired) electrons. The molecule has 1 aliphatic rings. The van der Waals surface area contributed by atoms with Crippen molar-refractivity contribution in [2.45, 2.75) is 31.3 Å². The van der Waals surface area contributed by atoms with Gasteiger partial charge in [0.1, 0.15) is 0 Å². The number of nitrogens with one attached hydrogen (secondary N) is 1. The first-order chi connectivity index (χ1) is 7.15. The number of benzene rings is 1. The Morgan fingerprint density at radius 3 is 2.80 bits per heavy atom. The van der Waals surface area contributed by atoms with E-state index in [1.54, 1.807) is 0 Å². The summed E-state index contributed by atoms with van der Waals surface area (Å²) in [5.41, 5.74) is 6.96. The van der Waals surface area contributed by atoms with Crippen molar-refractivity contribution in [2.24, 2.45) is 5.73 Å². The summed E-state index contributed by atoms with van der Waals surface area (Å²) in [5, 5.41) is 4.23. The van der Waals surface area contributed by atoms with Gasteiger partial charge in [-0.15, -0.1) is 0 Å². The molecule has 2 nitrogen and oxygen atoms in total. The maximum absolute atomic E-state index is 5.88. The first-order valence-corrected chi connectivity index (χ1v) is 6.29. The molecule has 0 bridgehead atoms. The minimum absolute atomic E-state index is 0.355. The van der Waals surface area contributed by atoms with Gasteiger partial charge >= 0.3 is 0 Å². The number of halogens is 2. The first-order valence-electron chi connectivity index (χ1n) is 5.12. The average molecular weight is 290 g/mol. The topological polar surface area (TPSA) is 38.0 Å². The van der Waals surface area contributed by atoms with E-state index in [0.29, 0.717) is 12.1 Å². The third kappa shape index (κ3) is 2.86. The van der Waals surface area contributed by atoms with E-state index < -0.39 is 0 Å². The monoisotopic (exact) mass is 288 g/mol. The SMILES string of the molecule is NC1CCC(Nc2ccc(Cl)cc2Br)C1. The third-order valence-electron chi connectivity index (χ3n) is 2.76. The smallest absolute Gasteiger partial charge is 0.0487 e. The highest BCUT2D eigenvalue weighted by atomic mass is 79.9. The summed E-state index contributed by atoms with van der Waals surface area (Å²) in [5.74, 6) is 0. The molecule has 0 heterocycles. The zero-order chi connectivity index (χ0) is 10.8. The van der Waals surface area contributed by atoms with E-state index in [4.69, 9.17) is 17.3 Å². The number of rotatable bonds is 2. The minimum Gasteiger partial charge on any atom is -0.381 e. The van der Waals surface area contributed by atoms with Gasteiger partial charge < -0.3 is 11.1 Å². The van der Waals surface area contributed by atoms with E-state index >= 15 is 0 Å². The number of anilines is 1. The van der Waals surface area contributed by atoms with Crippen molar-refractivity contribution in [3.63, 3.8) is 0 Å². The van der Waals surface area contributed by atoms with E-state index in [1.807, 2.05) is 18.2 Å². The maximum Gasteiger partial charge on any atom is 0.0487 e. The second-order valence-electron chi connectivity index (χ2n) is 4.04. The van der Waals surface area contributed by atoms with Gasteiger partial charge in [0.05, 0.1) is 0 Å². The highest BCUT2D eigenvalue weighted by Gasteiger charge is 2.21. The summed E-state index contributed by atoms with van der Waals surface area (Å²) in [7, 11) is 0. The van der Waals surface area contributed by atoms with Crippen LogP contribution in [0.25, 0.3) is 0 Å². The second-order valence-corrected chi connectivity index (χ2v) is 5.33. The molecule has 3 N–H and O–H groups in total. The molecule has 0 aliphatic heterocycles. The fraction of sp³-hybridized carbons (Fsp3) is 0.455. The van der Waals surface area contributed by atoms with Crippen LogP contribution in [0.15, 0.2) is 22.7 Å². The Kier molecular flexibility index (Phi) is 3.54. The van der Waals surface area contributed by atoms with Crippen molar-refractivity contribution in [1.29, 1.82) is 0 Å². The molecular formula is C11H14BrClN2. The van der Waals surface area contributed by atoms with Crippen molar-refractivity contribution < 1.29 is 0 Å². The minimum atomic E-state index is 0.355. The van der Waals surface area contributed by atoms with Gasteiger partial charge in [0.15, 0.2) is 0 Å². The van der Waals surface area contributed by atoms with Crippen LogP contribution in [0.4, 0.5) is 5.69 Å². The van der Waals surface area contributed by atoms with Crippen molar-refractivity contribution >= 4 is 33.2 Å². The van der Waals surface area contributed by atoms with Gasteiger partial charge in [0.2, 0.25) is 0 Å². The standard InChI is InChI=1S/C11H14BrClN2/c12-10-5-7(13)1-4-11(10)15-9-3-2-8(14)6-9/h1,4-5,8-9,15H,2-3,6,14H2. The lowest BCUT2D eigenvalue weighted by atomic mass is 10.2. The van der Waals surface area contributed by atoms with Gasteiger partial charge in [-0.25, -0.2) is 0 Å². The fourth-order valence-corrected chi connectivity index (χ4v) is 2.77. The molecule has 4 heteroatoms. The Morgan fingerprint density at radius 1 is 1.40 bits per heavy atom. The van der Waals surface area contributed by atoms with Crippen molar-refractivity contribution in [3.05, 3.63) is 27.7 Å². The highest BCUT2D eigenvalue weighted by Crippen LogP contribution is 2.29. The fourth-order valence-electron chi connectivity index (χ4n) is 1.97. The Labute approximate surface area is 103 Å². The van der Waals surface area contributed by atoms with E-state index in [0.717, 1.165) is 34.4 Å². The predicted molar refractivity (Wildman–Crippen MR) is 68.4 cm³/mol. The van der Waals surface area contributed by atoms with Gasteiger partial charge in [-0.1, -0.05) is 11.6 Å². The molecular weight excluding hydrogens is 275 g/mol. The normalized spacial score (nSPS) is 25.5. The first kappa shape index (κ1) is 11.2. The molecule has 15 heavy (non-hydrogen) atoms. The molecule has 2 rings (SSSR count). The zero-order valence-electron chi connectivity index (χ0n) is 8.34. The molecule has 2 unspecified atom stereocenters. The molecule has 1 aromatic rings. The third-order valence-corrected chi connectivity index (χ3v) is 3.66. The summed E-state index contributed by atoms with van der Waals surface area (Å²) in [6.45, 7) is 0. The van der Waals surface area contributed by atoms with Gasteiger partial charge in [-0.3, -0.25) is 0 Å². The van der Waals surface area contributed by atoms with E-state index in [1.165, 1.54) is 0 Å².